The molecule has 0 spiro atoms. The van der Waals surface area contributed by atoms with Gasteiger partial charge in [0.25, 0.3) is 0 Å². The van der Waals surface area contributed by atoms with Crippen molar-refractivity contribution in [3.8, 4) is 11.3 Å². The van der Waals surface area contributed by atoms with Gasteiger partial charge in [-0.2, -0.15) is 0 Å². The predicted molar refractivity (Wildman–Crippen MR) is 120 cm³/mol. The van der Waals surface area contributed by atoms with Crippen molar-refractivity contribution in [2.45, 2.75) is 25.8 Å². The van der Waals surface area contributed by atoms with E-state index >= 15 is 0 Å². The number of hydrogen-bond acceptors (Lipinski definition) is 1. The van der Waals surface area contributed by atoms with Gasteiger partial charge in [0.05, 0.1) is 0 Å². The third kappa shape index (κ3) is 3.58. The monoisotopic (exact) mass is 389 g/mol. The minimum Gasteiger partial charge on any atom is -0.396 e. The third-order valence-electron chi connectivity index (χ3n) is 5.24. The molecule has 0 fully saturated rings. The molecule has 0 aliphatic heterocycles. The average Bonchev–Trinajstić information content (AvgIpc) is 3.12. The number of halogens is 1. The second kappa shape index (κ2) is 8.22. The van der Waals surface area contributed by atoms with Crippen LogP contribution in [0.3, 0.4) is 0 Å². The molecule has 0 radical (unpaired) electrons. The summed E-state index contributed by atoms with van der Waals surface area (Å²) in [6, 6.07) is 23.5. The minimum absolute atomic E-state index is 0.197. The van der Waals surface area contributed by atoms with Crippen molar-refractivity contribution < 1.29 is 5.11 Å². The first-order valence-electron chi connectivity index (χ1n) is 9.75. The lowest BCUT2D eigenvalue weighted by atomic mass is 10.1. The highest BCUT2D eigenvalue weighted by Crippen LogP contribution is 2.36. The van der Waals surface area contributed by atoms with Gasteiger partial charge in [0.1, 0.15) is 0 Å². The Bertz CT molecular complexity index is 1120. The average molecular weight is 390 g/mol. The zero-order valence-electron chi connectivity index (χ0n) is 16.0. The van der Waals surface area contributed by atoms with Crippen LogP contribution >= 0.6 is 11.6 Å². The Morgan fingerprint density at radius 2 is 1.79 bits per heavy atom. The van der Waals surface area contributed by atoms with E-state index in [0.29, 0.717) is 0 Å². The fraction of sp³-hybridized carbons (Fsp3) is 0.200. The van der Waals surface area contributed by atoms with Gasteiger partial charge in [-0.05, 0) is 60.4 Å². The summed E-state index contributed by atoms with van der Waals surface area (Å²) in [5.41, 5.74) is 3.56. The summed E-state index contributed by atoms with van der Waals surface area (Å²) in [6.45, 7) is 2.44. The van der Waals surface area contributed by atoms with Crippen LogP contribution in [0.25, 0.3) is 32.9 Å². The summed E-state index contributed by atoms with van der Waals surface area (Å²) in [6.07, 6.45) is 6.08. The highest BCUT2D eigenvalue weighted by atomic mass is 35.5. The van der Waals surface area contributed by atoms with Gasteiger partial charge in [0.2, 0.25) is 0 Å². The zero-order valence-corrected chi connectivity index (χ0v) is 16.7. The number of unbranched alkanes of at least 4 members (excludes halogenated alkanes) is 1. The van der Waals surface area contributed by atoms with Crippen LogP contribution in [0.2, 0.25) is 5.02 Å². The summed E-state index contributed by atoms with van der Waals surface area (Å²) in [5.74, 6) is 0. The van der Waals surface area contributed by atoms with Crippen molar-refractivity contribution in [1.29, 1.82) is 0 Å². The lowest BCUT2D eigenvalue weighted by Gasteiger charge is -2.16. The zero-order chi connectivity index (χ0) is 19.5. The fourth-order valence-electron chi connectivity index (χ4n) is 3.85. The number of aliphatic hydroxyl groups excluding tert-OH is 1. The molecular weight excluding hydrogens is 366 g/mol. The second-order valence-electron chi connectivity index (χ2n) is 7.16. The second-order valence-corrected chi connectivity index (χ2v) is 7.60. The number of rotatable bonds is 6. The number of aromatic nitrogens is 1. The van der Waals surface area contributed by atoms with Crippen LogP contribution in [-0.4, -0.2) is 16.3 Å². The molecule has 3 heteroatoms. The number of fused-ring (bicyclic) bond motifs is 3. The predicted octanol–water partition coefficient (Wildman–Crippen LogP) is 7.00. The number of allylic oxidation sites excluding steroid dienone is 2. The molecule has 142 valence electrons. The maximum Gasteiger partial charge on any atom is 0.0497 e. The maximum atomic E-state index is 9.02. The number of aliphatic hydroxyl groups is 1. The first-order valence-corrected chi connectivity index (χ1v) is 10.1. The van der Waals surface area contributed by atoms with Gasteiger partial charge in [-0.15, -0.1) is 0 Å². The Morgan fingerprint density at radius 3 is 2.57 bits per heavy atom. The van der Waals surface area contributed by atoms with E-state index in [1.54, 1.807) is 0 Å². The molecule has 0 saturated heterocycles. The van der Waals surface area contributed by atoms with E-state index in [1.807, 2.05) is 12.1 Å². The Kier molecular flexibility index (Phi) is 5.52. The molecule has 1 unspecified atom stereocenters. The molecule has 4 aromatic rings. The lowest BCUT2D eigenvalue weighted by Crippen LogP contribution is -2.04. The molecule has 1 aromatic heterocycles. The Hall–Kier alpha value is -2.55. The molecule has 1 heterocycles. The van der Waals surface area contributed by atoms with E-state index in [9.17, 15) is 0 Å². The SMILES string of the molecule is CC(/C=C/CCCO)n1c(-c2ccc(Cl)cc2)cc2c3ccccc3ccc21. The van der Waals surface area contributed by atoms with Crippen LogP contribution in [-0.2, 0) is 0 Å². The van der Waals surface area contributed by atoms with Gasteiger partial charge in [-0.1, -0.05) is 66.2 Å². The topological polar surface area (TPSA) is 25.2 Å². The molecule has 3 aromatic carbocycles. The van der Waals surface area contributed by atoms with E-state index in [0.717, 1.165) is 23.4 Å². The summed E-state index contributed by atoms with van der Waals surface area (Å²) < 4.78 is 2.39. The van der Waals surface area contributed by atoms with Gasteiger partial charge in [-0.25, -0.2) is 0 Å². The summed E-state index contributed by atoms with van der Waals surface area (Å²) in [5, 5.41) is 13.5. The van der Waals surface area contributed by atoms with Gasteiger partial charge in [-0.3, -0.25) is 0 Å². The van der Waals surface area contributed by atoms with E-state index in [1.165, 1.54) is 27.4 Å². The van der Waals surface area contributed by atoms with Crippen molar-refractivity contribution in [2.75, 3.05) is 6.61 Å². The van der Waals surface area contributed by atoms with Crippen LogP contribution in [0.15, 0.2) is 78.9 Å². The molecule has 0 aliphatic carbocycles. The van der Waals surface area contributed by atoms with Crippen molar-refractivity contribution in [2.24, 2.45) is 0 Å². The molecular formula is C25H24ClNO. The maximum absolute atomic E-state index is 9.02. The number of nitrogens with zero attached hydrogens (tertiary/aromatic N) is 1. The van der Waals surface area contributed by atoms with E-state index < -0.39 is 0 Å². The van der Waals surface area contributed by atoms with Crippen molar-refractivity contribution in [1.82, 2.24) is 4.57 Å². The number of benzene rings is 3. The van der Waals surface area contributed by atoms with E-state index in [-0.39, 0.29) is 12.6 Å². The highest BCUT2D eigenvalue weighted by Gasteiger charge is 2.15. The van der Waals surface area contributed by atoms with Gasteiger partial charge < -0.3 is 9.67 Å². The molecule has 1 atom stereocenters. The van der Waals surface area contributed by atoms with Gasteiger partial charge >= 0.3 is 0 Å². The summed E-state index contributed by atoms with van der Waals surface area (Å²) >= 11 is 6.12. The fourth-order valence-corrected chi connectivity index (χ4v) is 3.98. The quantitative estimate of drug-likeness (QED) is 0.278. The molecule has 0 bridgehead atoms. The lowest BCUT2D eigenvalue weighted by molar-refractivity contribution is 0.289. The third-order valence-corrected chi connectivity index (χ3v) is 5.49. The van der Waals surface area contributed by atoms with Crippen LogP contribution in [0, 0.1) is 0 Å². The van der Waals surface area contributed by atoms with Crippen molar-refractivity contribution in [3.05, 3.63) is 83.9 Å². The Balaban J connectivity index is 1.91. The van der Waals surface area contributed by atoms with Crippen LogP contribution in [0.1, 0.15) is 25.8 Å². The smallest absolute Gasteiger partial charge is 0.0497 e. The Morgan fingerprint density at radius 1 is 1.00 bits per heavy atom. The standard InChI is InChI=1S/C25H24ClNO/c1-18(7-3-2-6-16-28)27-24-15-12-19-8-4-5-9-22(19)23(24)17-25(27)20-10-13-21(26)14-11-20/h3-5,7-15,17-18,28H,2,6,16H2,1H3/b7-3+. The van der Waals surface area contributed by atoms with E-state index in [2.05, 4.69) is 78.2 Å². The molecule has 28 heavy (non-hydrogen) atoms. The van der Waals surface area contributed by atoms with Gasteiger partial charge in [0, 0.05) is 34.3 Å². The minimum atomic E-state index is 0.197. The molecule has 4 rings (SSSR count). The summed E-state index contributed by atoms with van der Waals surface area (Å²) in [7, 11) is 0. The van der Waals surface area contributed by atoms with Crippen LogP contribution in [0.5, 0.6) is 0 Å². The normalized spacial score (nSPS) is 13.0. The highest BCUT2D eigenvalue weighted by molar-refractivity contribution is 6.30. The Labute approximate surface area is 170 Å². The first-order chi connectivity index (χ1) is 13.7. The molecule has 0 amide bonds. The van der Waals surface area contributed by atoms with Gasteiger partial charge in [0.15, 0.2) is 0 Å². The molecule has 0 saturated carbocycles. The molecule has 2 nitrogen and oxygen atoms in total. The van der Waals surface area contributed by atoms with Crippen LogP contribution in [0.4, 0.5) is 0 Å². The molecule has 0 aliphatic rings. The van der Waals surface area contributed by atoms with Crippen molar-refractivity contribution in [3.63, 3.8) is 0 Å². The summed E-state index contributed by atoms with van der Waals surface area (Å²) in [4.78, 5) is 0. The van der Waals surface area contributed by atoms with E-state index in [4.69, 9.17) is 16.7 Å². The van der Waals surface area contributed by atoms with Crippen LogP contribution < -0.4 is 0 Å². The molecule has 1 N–H and O–H groups in total. The number of hydrogen-bond donors (Lipinski definition) is 1. The largest absolute Gasteiger partial charge is 0.396 e. The van der Waals surface area contributed by atoms with Crippen molar-refractivity contribution >= 4 is 33.3 Å². The first kappa shape index (κ1) is 18.8.